The third-order valence-electron chi connectivity index (χ3n) is 3.26. The highest BCUT2D eigenvalue weighted by molar-refractivity contribution is 7.89. The Bertz CT molecular complexity index is 1040. The average molecular weight is 339 g/mol. The summed E-state index contributed by atoms with van der Waals surface area (Å²) in [5, 5.41) is 0. The van der Waals surface area contributed by atoms with Gasteiger partial charge in [-0.2, -0.15) is 0 Å². The zero-order valence-electron chi connectivity index (χ0n) is 11.6. The Morgan fingerprint density at radius 1 is 1.00 bits per heavy atom. The molecule has 0 aliphatic rings. The molecule has 120 valence electrons. The number of benzene rings is 2. The summed E-state index contributed by atoms with van der Waals surface area (Å²) in [6.45, 7) is -0.395. The molecule has 0 aliphatic heterocycles. The summed E-state index contributed by atoms with van der Waals surface area (Å²) >= 11 is 0. The minimum absolute atomic E-state index is 0.0999. The van der Waals surface area contributed by atoms with E-state index in [9.17, 15) is 22.0 Å². The molecule has 0 amide bonds. The van der Waals surface area contributed by atoms with Crippen molar-refractivity contribution in [1.29, 1.82) is 0 Å². The lowest BCUT2D eigenvalue weighted by atomic mass is 10.2. The predicted molar refractivity (Wildman–Crippen MR) is 79.3 cm³/mol. The van der Waals surface area contributed by atoms with E-state index in [1.807, 2.05) is 0 Å². The average Bonchev–Trinajstić information content (AvgIpc) is 2.87. The maximum absolute atomic E-state index is 13.5. The van der Waals surface area contributed by atoms with Gasteiger partial charge in [0.25, 0.3) is 0 Å². The van der Waals surface area contributed by atoms with Crippen molar-refractivity contribution >= 4 is 21.1 Å². The molecule has 0 radical (unpaired) electrons. The molecule has 0 saturated carbocycles. The second-order valence-electron chi connectivity index (χ2n) is 4.85. The van der Waals surface area contributed by atoms with Crippen molar-refractivity contribution in [3.05, 3.63) is 64.1 Å². The summed E-state index contributed by atoms with van der Waals surface area (Å²) in [5.41, 5.74) is 0.231. The van der Waals surface area contributed by atoms with Gasteiger partial charge in [0, 0.05) is 12.1 Å². The molecule has 0 saturated heterocycles. The number of rotatable bonds is 4. The van der Waals surface area contributed by atoms with E-state index in [2.05, 4.69) is 14.7 Å². The summed E-state index contributed by atoms with van der Waals surface area (Å²) in [7, 11) is -3.95. The number of nitrogens with one attached hydrogen (secondary N) is 3. The summed E-state index contributed by atoms with van der Waals surface area (Å²) in [5.74, 6) is -1.37. The zero-order chi connectivity index (χ0) is 16.6. The lowest BCUT2D eigenvalue weighted by Crippen LogP contribution is -2.23. The third-order valence-corrected chi connectivity index (χ3v) is 4.66. The Labute approximate surface area is 129 Å². The number of fused-ring (bicyclic) bond motifs is 1. The minimum Gasteiger partial charge on any atom is -0.306 e. The Hall–Kier alpha value is -2.52. The SMILES string of the molecule is O=c1[nH]c2ccc(S(=O)(=O)NCc3cc(F)ccc3F)cc2[nH]1. The molecule has 1 heterocycles. The number of sulfonamides is 1. The summed E-state index contributed by atoms with van der Waals surface area (Å²) in [6.07, 6.45) is 0. The first-order valence-corrected chi connectivity index (χ1v) is 7.99. The van der Waals surface area contributed by atoms with Crippen LogP contribution >= 0.6 is 0 Å². The second kappa shape index (κ2) is 5.60. The molecule has 0 fully saturated rings. The lowest BCUT2D eigenvalue weighted by molar-refractivity contribution is 0.567. The van der Waals surface area contributed by atoms with Gasteiger partial charge in [-0.05, 0) is 36.4 Å². The molecule has 3 aromatic rings. The Kier molecular flexibility index (Phi) is 3.74. The standard InChI is InChI=1S/C14H11F2N3O3S/c15-9-1-3-11(16)8(5-9)7-17-23(21,22)10-2-4-12-13(6-10)19-14(20)18-12/h1-6,17H,7H2,(H2,18,19,20). The Morgan fingerprint density at radius 2 is 1.74 bits per heavy atom. The van der Waals surface area contributed by atoms with Gasteiger partial charge in [-0.1, -0.05) is 0 Å². The number of aromatic amines is 2. The van der Waals surface area contributed by atoms with Crippen LogP contribution in [-0.4, -0.2) is 18.4 Å². The molecule has 23 heavy (non-hydrogen) atoms. The van der Waals surface area contributed by atoms with Crippen molar-refractivity contribution in [2.75, 3.05) is 0 Å². The molecule has 0 aliphatic carbocycles. The highest BCUT2D eigenvalue weighted by Gasteiger charge is 2.16. The van der Waals surface area contributed by atoms with Crippen LogP contribution in [0.3, 0.4) is 0 Å². The van der Waals surface area contributed by atoms with Gasteiger partial charge in [0.15, 0.2) is 0 Å². The quantitative estimate of drug-likeness (QED) is 0.674. The van der Waals surface area contributed by atoms with E-state index >= 15 is 0 Å². The predicted octanol–water partition coefficient (Wildman–Crippen LogP) is 1.61. The highest BCUT2D eigenvalue weighted by Crippen LogP contribution is 2.16. The molecular weight excluding hydrogens is 328 g/mol. The van der Waals surface area contributed by atoms with E-state index in [-0.39, 0.29) is 10.5 Å². The second-order valence-corrected chi connectivity index (χ2v) is 6.61. The monoisotopic (exact) mass is 339 g/mol. The maximum Gasteiger partial charge on any atom is 0.323 e. The van der Waals surface area contributed by atoms with E-state index in [0.29, 0.717) is 11.0 Å². The van der Waals surface area contributed by atoms with Crippen LogP contribution in [0.15, 0.2) is 46.1 Å². The van der Waals surface area contributed by atoms with Gasteiger partial charge in [0.2, 0.25) is 10.0 Å². The molecular formula is C14H11F2N3O3S. The van der Waals surface area contributed by atoms with Gasteiger partial charge in [-0.15, -0.1) is 0 Å². The van der Waals surface area contributed by atoms with Gasteiger partial charge in [-0.25, -0.2) is 26.7 Å². The van der Waals surface area contributed by atoms with Crippen LogP contribution in [0, 0.1) is 11.6 Å². The molecule has 0 bridgehead atoms. The number of aromatic nitrogens is 2. The van der Waals surface area contributed by atoms with Crippen LogP contribution in [-0.2, 0) is 16.6 Å². The van der Waals surface area contributed by atoms with Crippen molar-refractivity contribution in [3.8, 4) is 0 Å². The minimum atomic E-state index is -3.95. The van der Waals surface area contributed by atoms with Crippen LogP contribution in [0.2, 0.25) is 0 Å². The van der Waals surface area contributed by atoms with Crippen molar-refractivity contribution in [3.63, 3.8) is 0 Å². The molecule has 3 rings (SSSR count). The van der Waals surface area contributed by atoms with Gasteiger partial charge in [0.1, 0.15) is 11.6 Å². The largest absolute Gasteiger partial charge is 0.323 e. The topological polar surface area (TPSA) is 94.8 Å². The number of hydrogen-bond acceptors (Lipinski definition) is 3. The zero-order valence-corrected chi connectivity index (χ0v) is 12.4. The van der Waals surface area contributed by atoms with Gasteiger partial charge < -0.3 is 9.97 Å². The fraction of sp³-hybridized carbons (Fsp3) is 0.0714. The highest BCUT2D eigenvalue weighted by atomic mass is 32.2. The van der Waals surface area contributed by atoms with Crippen molar-refractivity contribution < 1.29 is 17.2 Å². The molecule has 1 aromatic heterocycles. The summed E-state index contributed by atoms with van der Waals surface area (Å²) in [6, 6.07) is 6.81. The molecule has 2 aromatic carbocycles. The number of halogens is 2. The van der Waals surface area contributed by atoms with Crippen molar-refractivity contribution in [1.82, 2.24) is 14.7 Å². The van der Waals surface area contributed by atoms with E-state index in [0.717, 1.165) is 18.2 Å². The maximum atomic E-state index is 13.5. The summed E-state index contributed by atoms with van der Waals surface area (Å²) < 4.78 is 53.2. The first-order valence-electron chi connectivity index (χ1n) is 6.51. The molecule has 0 unspecified atom stereocenters. The Morgan fingerprint density at radius 3 is 2.52 bits per heavy atom. The van der Waals surface area contributed by atoms with Gasteiger partial charge in [-0.3, -0.25) is 0 Å². The molecule has 3 N–H and O–H groups in total. The van der Waals surface area contributed by atoms with Gasteiger partial charge >= 0.3 is 5.69 Å². The molecule has 0 spiro atoms. The third kappa shape index (κ3) is 3.15. The van der Waals surface area contributed by atoms with Crippen LogP contribution in [0.25, 0.3) is 11.0 Å². The molecule has 6 nitrogen and oxygen atoms in total. The fourth-order valence-electron chi connectivity index (χ4n) is 2.11. The van der Waals surface area contributed by atoms with Crippen LogP contribution < -0.4 is 10.4 Å². The Balaban J connectivity index is 1.88. The van der Waals surface area contributed by atoms with Crippen molar-refractivity contribution in [2.45, 2.75) is 11.4 Å². The first kappa shape index (κ1) is 15.4. The number of hydrogen-bond donors (Lipinski definition) is 3. The smallest absolute Gasteiger partial charge is 0.306 e. The van der Waals surface area contributed by atoms with Crippen LogP contribution in [0.4, 0.5) is 8.78 Å². The molecule has 9 heteroatoms. The normalized spacial score (nSPS) is 11.9. The lowest BCUT2D eigenvalue weighted by Gasteiger charge is -2.08. The van der Waals surface area contributed by atoms with Crippen LogP contribution in [0.1, 0.15) is 5.56 Å². The van der Waals surface area contributed by atoms with Crippen molar-refractivity contribution in [2.24, 2.45) is 0 Å². The number of imidazole rings is 1. The van der Waals surface area contributed by atoms with E-state index in [1.165, 1.54) is 18.2 Å². The number of H-pyrrole nitrogens is 2. The van der Waals surface area contributed by atoms with Gasteiger partial charge in [0.05, 0.1) is 15.9 Å². The van der Waals surface area contributed by atoms with E-state index < -0.39 is 33.9 Å². The van der Waals surface area contributed by atoms with E-state index in [4.69, 9.17) is 0 Å². The van der Waals surface area contributed by atoms with E-state index in [1.54, 1.807) is 0 Å². The molecule has 0 atom stereocenters. The summed E-state index contributed by atoms with van der Waals surface area (Å²) in [4.78, 5) is 16.0. The fourth-order valence-corrected chi connectivity index (χ4v) is 3.15. The van der Waals surface area contributed by atoms with Crippen LogP contribution in [0.5, 0.6) is 0 Å². The first-order chi connectivity index (χ1) is 10.8.